The summed E-state index contributed by atoms with van der Waals surface area (Å²) in [5, 5.41) is 27.9. The lowest BCUT2D eigenvalue weighted by Crippen LogP contribution is -2.48. The van der Waals surface area contributed by atoms with Crippen LogP contribution in [0.3, 0.4) is 0 Å². The van der Waals surface area contributed by atoms with E-state index in [0.717, 1.165) is 147 Å². The standard InChI is InChI=1S/C56H66NO4/c1-7-11-35-57(36-12-8-2)39-47-49(55(58,43-27-17-13-18-28-43)44-29-19-14-20-30-44)37-41(25-9-3)53(60-5)51(47)52-48(40-57)50(38-42(26-10-4)54(52)61-6)56(59,45-31-21-15-22-32-45)46-33-23-16-24-34-46/h13-24,27-34,37-38,58-59H,7-12,25-26,35-36,39-40H2,1-6H3/q+1. The molecule has 61 heavy (non-hydrogen) atoms. The van der Waals surface area contributed by atoms with E-state index in [4.69, 9.17) is 9.47 Å². The molecule has 1 aliphatic heterocycles. The molecule has 0 fully saturated rings. The summed E-state index contributed by atoms with van der Waals surface area (Å²) < 4.78 is 14.2. The third-order valence-electron chi connectivity index (χ3n) is 13.1. The Bertz CT molecular complexity index is 2110. The third-order valence-corrected chi connectivity index (χ3v) is 13.1. The van der Waals surface area contributed by atoms with Crippen molar-refractivity contribution < 1.29 is 24.2 Å². The lowest BCUT2D eigenvalue weighted by Gasteiger charge is -2.41. The number of methoxy groups -OCH3 is 2. The van der Waals surface area contributed by atoms with E-state index in [1.807, 2.05) is 72.8 Å². The molecule has 0 saturated heterocycles. The van der Waals surface area contributed by atoms with Crippen LogP contribution in [0.15, 0.2) is 133 Å². The molecular weight excluding hydrogens is 751 g/mol. The first kappa shape index (κ1) is 43.9. The maximum absolute atomic E-state index is 13.9. The van der Waals surface area contributed by atoms with Gasteiger partial charge in [-0.05, 0) is 71.2 Å². The minimum Gasteiger partial charge on any atom is -0.496 e. The van der Waals surface area contributed by atoms with Gasteiger partial charge in [-0.3, -0.25) is 0 Å². The average molecular weight is 817 g/mol. The molecule has 0 unspecified atom stereocenters. The van der Waals surface area contributed by atoms with Crippen molar-refractivity contribution in [2.75, 3.05) is 27.3 Å². The minimum atomic E-state index is -1.50. The van der Waals surface area contributed by atoms with Crippen molar-refractivity contribution in [3.8, 4) is 22.6 Å². The molecule has 6 aromatic carbocycles. The summed E-state index contributed by atoms with van der Waals surface area (Å²) in [5.41, 5.74) is 8.18. The molecule has 0 bridgehead atoms. The van der Waals surface area contributed by atoms with Gasteiger partial charge >= 0.3 is 0 Å². The Labute approximate surface area is 365 Å². The Morgan fingerprint density at radius 1 is 0.475 bits per heavy atom. The van der Waals surface area contributed by atoms with E-state index < -0.39 is 11.2 Å². The monoisotopic (exact) mass is 816 g/mol. The molecule has 0 saturated carbocycles. The van der Waals surface area contributed by atoms with Crippen molar-refractivity contribution in [2.24, 2.45) is 0 Å². The summed E-state index contributed by atoms with van der Waals surface area (Å²) in [7, 11) is 3.59. The fourth-order valence-electron chi connectivity index (χ4n) is 10.2. The number of ether oxygens (including phenoxy) is 2. The molecule has 0 radical (unpaired) electrons. The average Bonchev–Trinajstić information content (AvgIpc) is 3.46. The van der Waals surface area contributed by atoms with Gasteiger partial charge in [0.05, 0.1) is 27.3 Å². The fourth-order valence-corrected chi connectivity index (χ4v) is 10.2. The van der Waals surface area contributed by atoms with E-state index in [-0.39, 0.29) is 0 Å². The van der Waals surface area contributed by atoms with Gasteiger partial charge in [-0.2, -0.15) is 0 Å². The highest BCUT2D eigenvalue weighted by Gasteiger charge is 2.47. The van der Waals surface area contributed by atoms with Crippen LogP contribution in [0, 0.1) is 0 Å². The molecule has 1 heterocycles. The van der Waals surface area contributed by atoms with Gasteiger partial charge < -0.3 is 24.2 Å². The maximum atomic E-state index is 13.9. The molecule has 0 atom stereocenters. The lowest BCUT2D eigenvalue weighted by atomic mass is 9.73. The van der Waals surface area contributed by atoms with Crippen LogP contribution in [-0.2, 0) is 37.1 Å². The van der Waals surface area contributed by atoms with Crippen LogP contribution < -0.4 is 9.47 Å². The smallest absolute Gasteiger partial charge is 0.141 e. The Morgan fingerprint density at radius 3 is 1.05 bits per heavy atom. The van der Waals surface area contributed by atoms with E-state index in [1.54, 1.807) is 14.2 Å². The van der Waals surface area contributed by atoms with Gasteiger partial charge in [-0.25, -0.2) is 0 Å². The van der Waals surface area contributed by atoms with Gasteiger partial charge in [-0.1, -0.05) is 175 Å². The minimum absolute atomic E-state index is 0.672. The number of quaternary nitrogens is 1. The molecule has 318 valence electrons. The van der Waals surface area contributed by atoms with Crippen LogP contribution >= 0.6 is 0 Å². The molecule has 6 aromatic rings. The third kappa shape index (κ3) is 8.16. The Balaban J connectivity index is 1.75. The van der Waals surface area contributed by atoms with E-state index in [2.05, 4.69) is 88.4 Å². The summed E-state index contributed by atoms with van der Waals surface area (Å²) in [6.45, 7) is 12.2. The van der Waals surface area contributed by atoms with Crippen molar-refractivity contribution in [3.63, 3.8) is 0 Å². The zero-order valence-corrected chi connectivity index (χ0v) is 37.3. The topological polar surface area (TPSA) is 58.9 Å². The maximum Gasteiger partial charge on any atom is 0.141 e. The van der Waals surface area contributed by atoms with E-state index in [0.29, 0.717) is 13.1 Å². The SMILES string of the molecule is CCCC[N+]1(CCCC)Cc2c(C(O)(c3ccccc3)c3ccccc3)cc(CCC)c(OC)c2-c2c(c(C(O)(c3ccccc3)c3ccccc3)cc(CCC)c2OC)C1. The molecule has 1 aliphatic rings. The molecule has 5 heteroatoms. The highest BCUT2D eigenvalue weighted by atomic mass is 16.5. The summed E-state index contributed by atoms with van der Waals surface area (Å²) in [5.74, 6) is 1.63. The second-order valence-electron chi connectivity index (χ2n) is 17.1. The summed E-state index contributed by atoms with van der Waals surface area (Å²) in [4.78, 5) is 0. The number of aryl methyl sites for hydroxylation is 2. The van der Waals surface area contributed by atoms with Gasteiger partial charge in [0.15, 0.2) is 0 Å². The van der Waals surface area contributed by atoms with Crippen molar-refractivity contribution in [1.29, 1.82) is 0 Å². The predicted molar refractivity (Wildman–Crippen MR) is 250 cm³/mol. The van der Waals surface area contributed by atoms with Crippen LogP contribution in [0.25, 0.3) is 11.1 Å². The van der Waals surface area contributed by atoms with Gasteiger partial charge in [0, 0.05) is 33.4 Å². The molecule has 0 spiro atoms. The van der Waals surface area contributed by atoms with Crippen LogP contribution in [0.4, 0.5) is 0 Å². The van der Waals surface area contributed by atoms with Crippen LogP contribution in [0.2, 0.25) is 0 Å². The van der Waals surface area contributed by atoms with Gasteiger partial charge in [0.1, 0.15) is 35.8 Å². The predicted octanol–water partition coefficient (Wildman–Crippen LogP) is 12.3. The molecule has 0 aliphatic carbocycles. The van der Waals surface area contributed by atoms with Crippen LogP contribution in [0.5, 0.6) is 11.5 Å². The Morgan fingerprint density at radius 2 is 0.787 bits per heavy atom. The van der Waals surface area contributed by atoms with Gasteiger partial charge in [0.2, 0.25) is 0 Å². The van der Waals surface area contributed by atoms with Crippen LogP contribution in [-0.4, -0.2) is 42.0 Å². The van der Waals surface area contributed by atoms with E-state index in [9.17, 15) is 10.2 Å². The summed E-state index contributed by atoms with van der Waals surface area (Å²) >= 11 is 0. The van der Waals surface area contributed by atoms with Crippen molar-refractivity contribution >= 4 is 0 Å². The number of fused-ring (bicyclic) bond motifs is 3. The number of nitrogens with zero attached hydrogens (tertiary/aromatic N) is 1. The quantitative estimate of drug-likeness (QED) is 0.0670. The Kier molecular flexibility index (Phi) is 13.8. The number of rotatable bonds is 18. The first-order valence-electron chi connectivity index (χ1n) is 22.7. The molecule has 0 amide bonds. The fraction of sp³-hybridized carbons (Fsp3) is 0.357. The molecule has 7 rings (SSSR count). The zero-order chi connectivity index (χ0) is 43.0. The van der Waals surface area contributed by atoms with Gasteiger partial charge in [-0.15, -0.1) is 0 Å². The summed E-state index contributed by atoms with van der Waals surface area (Å²) in [6.07, 6.45) is 7.49. The molecule has 2 N–H and O–H groups in total. The van der Waals surface area contributed by atoms with Crippen molar-refractivity contribution in [2.45, 2.75) is 103 Å². The second-order valence-corrected chi connectivity index (χ2v) is 17.1. The Hall–Kier alpha value is -5.20. The van der Waals surface area contributed by atoms with E-state index >= 15 is 0 Å². The number of unbranched alkanes of at least 4 members (excludes halogenated alkanes) is 2. The highest BCUT2D eigenvalue weighted by Crippen LogP contribution is 2.56. The zero-order valence-electron chi connectivity index (χ0n) is 37.3. The normalized spacial score (nSPS) is 13.6. The van der Waals surface area contributed by atoms with Crippen molar-refractivity contribution in [3.05, 3.63) is 189 Å². The molecule has 5 nitrogen and oxygen atoms in total. The molecular formula is C56H66NO4+. The number of aliphatic hydroxyl groups is 2. The summed E-state index contributed by atoms with van der Waals surface area (Å²) in [6, 6.07) is 45.2. The molecule has 0 aromatic heterocycles. The largest absolute Gasteiger partial charge is 0.496 e. The first-order valence-corrected chi connectivity index (χ1v) is 22.7. The second kappa shape index (κ2) is 19.2. The highest BCUT2D eigenvalue weighted by molar-refractivity contribution is 5.87. The first-order chi connectivity index (χ1) is 29.7. The lowest BCUT2D eigenvalue weighted by molar-refractivity contribution is -0.953. The van der Waals surface area contributed by atoms with Crippen molar-refractivity contribution in [1.82, 2.24) is 0 Å². The number of benzene rings is 6. The number of hydrogen-bond donors (Lipinski definition) is 2. The van der Waals surface area contributed by atoms with E-state index in [1.165, 1.54) is 0 Å². The van der Waals surface area contributed by atoms with Gasteiger partial charge in [0.25, 0.3) is 0 Å². The van der Waals surface area contributed by atoms with Crippen LogP contribution in [0.1, 0.15) is 122 Å². The number of hydrogen-bond acceptors (Lipinski definition) is 4.